The summed E-state index contributed by atoms with van der Waals surface area (Å²) in [6.07, 6.45) is 3.70. The van der Waals surface area contributed by atoms with Crippen LogP contribution < -0.4 is 4.74 Å². The van der Waals surface area contributed by atoms with Crippen LogP contribution in [0.5, 0.6) is 5.75 Å². The number of halogens is 1. The van der Waals surface area contributed by atoms with Crippen LogP contribution in [0.15, 0.2) is 18.2 Å². The van der Waals surface area contributed by atoms with Crippen LogP contribution in [-0.2, 0) is 6.61 Å². The van der Waals surface area contributed by atoms with Crippen LogP contribution in [0.1, 0.15) is 24.8 Å². The Morgan fingerprint density at radius 2 is 2.13 bits per heavy atom. The van der Waals surface area contributed by atoms with Gasteiger partial charge in [0.15, 0.2) is 0 Å². The van der Waals surface area contributed by atoms with Crippen LogP contribution >= 0.6 is 0 Å². The van der Waals surface area contributed by atoms with E-state index in [0.29, 0.717) is 23.8 Å². The SMILES string of the molecule is OCc1cc(F)cc(OCC2CCC2)c1. The van der Waals surface area contributed by atoms with E-state index in [9.17, 15) is 4.39 Å². The Bertz CT molecular complexity index is 334. The molecule has 0 aliphatic heterocycles. The zero-order valence-electron chi connectivity index (χ0n) is 8.58. The largest absolute Gasteiger partial charge is 0.493 e. The van der Waals surface area contributed by atoms with Gasteiger partial charge < -0.3 is 9.84 Å². The molecule has 0 heterocycles. The molecule has 0 amide bonds. The molecular formula is C12H15FO2. The molecule has 2 nitrogen and oxygen atoms in total. The van der Waals surface area contributed by atoms with Gasteiger partial charge in [0.1, 0.15) is 11.6 Å². The van der Waals surface area contributed by atoms with E-state index in [1.807, 2.05) is 0 Å². The topological polar surface area (TPSA) is 29.5 Å². The van der Waals surface area contributed by atoms with Crippen LogP contribution in [0.25, 0.3) is 0 Å². The minimum atomic E-state index is -0.356. The molecule has 0 atom stereocenters. The first-order valence-electron chi connectivity index (χ1n) is 5.31. The Kier molecular flexibility index (Phi) is 3.21. The molecule has 1 aliphatic carbocycles. The molecular weight excluding hydrogens is 195 g/mol. The van der Waals surface area contributed by atoms with E-state index in [-0.39, 0.29) is 12.4 Å². The van der Waals surface area contributed by atoms with Crippen molar-refractivity contribution in [1.29, 1.82) is 0 Å². The number of aliphatic hydroxyl groups excluding tert-OH is 1. The second-order valence-corrected chi connectivity index (χ2v) is 4.06. The molecule has 0 radical (unpaired) electrons. The molecule has 0 unspecified atom stereocenters. The van der Waals surface area contributed by atoms with Gasteiger partial charge in [-0.2, -0.15) is 0 Å². The average molecular weight is 210 g/mol. The highest BCUT2D eigenvalue weighted by Crippen LogP contribution is 2.27. The maximum Gasteiger partial charge on any atom is 0.127 e. The molecule has 1 fully saturated rings. The molecule has 3 heteroatoms. The standard InChI is InChI=1S/C12H15FO2/c13-11-4-10(7-14)5-12(6-11)15-8-9-2-1-3-9/h4-6,9,14H,1-3,7-8H2. The predicted octanol–water partition coefficient (Wildman–Crippen LogP) is 2.50. The normalized spacial score (nSPS) is 16.1. The van der Waals surface area contributed by atoms with Gasteiger partial charge in [-0.05, 0) is 36.5 Å². The highest BCUT2D eigenvalue weighted by Gasteiger charge is 2.17. The van der Waals surface area contributed by atoms with Gasteiger partial charge in [0.25, 0.3) is 0 Å². The summed E-state index contributed by atoms with van der Waals surface area (Å²) in [4.78, 5) is 0. The summed E-state index contributed by atoms with van der Waals surface area (Å²) in [6.45, 7) is 0.506. The molecule has 0 spiro atoms. The fourth-order valence-corrected chi connectivity index (χ4v) is 1.67. The minimum Gasteiger partial charge on any atom is -0.493 e. The van der Waals surface area contributed by atoms with Crippen molar-refractivity contribution in [1.82, 2.24) is 0 Å². The third-order valence-corrected chi connectivity index (χ3v) is 2.82. The first kappa shape index (κ1) is 10.4. The molecule has 0 bridgehead atoms. The number of benzene rings is 1. The van der Waals surface area contributed by atoms with Crippen molar-refractivity contribution < 1.29 is 14.2 Å². The van der Waals surface area contributed by atoms with Gasteiger partial charge in [0.2, 0.25) is 0 Å². The molecule has 1 aliphatic rings. The molecule has 1 aromatic carbocycles. The summed E-state index contributed by atoms with van der Waals surface area (Å²) in [5, 5.41) is 8.90. The lowest BCUT2D eigenvalue weighted by Crippen LogP contribution is -2.19. The Balaban J connectivity index is 1.96. The molecule has 15 heavy (non-hydrogen) atoms. The van der Waals surface area contributed by atoms with Crippen LogP contribution in [0.4, 0.5) is 4.39 Å². The van der Waals surface area contributed by atoms with Gasteiger partial charge >= 0.3 is 0 Å². The van der Waals surface area contributed by atoms with Crippen LogP contribution in [0.2, 0.25) is 0 Å². The van der Waals surface area contributed by atoms with Gasteiger partial charge in [0.05, 0.1) is 13.2 Å². The number of rotatable bonds is 4. The van der Waals surface area contributed by atoms with Gasteiger partial charge in [-0.3, -0.25) is 0 Å². The molecule has 0 aromatic heterocycles. The van der Waals surface area contributed by atoms with E-state index in [1.54, 1.807) is 6.07 Å². The lowest BCUT2D eigenvalue weighted by atomic mass is 9.86. The molecule has 1 saturated carbocycles. The quantitative estimate of drug-likeness (QED) is 0.827. The molecule has 82 valence electrons. The van der Waals surface area contributed by atoms with Crippen LogP contribution in [-0.4, -0.2) is 11.7 Å². The molecule has 1 aromatic rings. The van der Waals surface area contributed by atoms with Gasteiger partial charge in [0, 0.05) is 6.07 Å². The summed E-state index contributed by atoms with van der Waals surface area (Å²) in [7, 11) is 0. The van der Waals surface area contributed by atoms with Crippen molar-refractivity contribution in [2.75, 3.05) is 6.61 Å². The Morgan fingerprint density at radius 3 is 2.73 bits per heavy atom. The van der Waals surface area contributed by atoms with E-state index >= 15 is 0 Å². The second kappa shape index (κ2) is 4.62. The fraction of sp³-hybridized carbons (Fsp3) is 0.500. The number of hydrogen-bond acceptors (Lipinski definition) is 2. The predicted molar refractivity (Wildman–Crippen MR) is 55.2 cm³/mol. The van der Waals surface area contributed by atoms with E-state index in [4.69, 9.17) is 9.84 Å². The van der Waals surface area contributed by atoms with Crippen molar-refractivity contribution in [2.24, 2.45) is 5.92 Å². The summed E-state index contributed by atoms with van der Waals surface area (Å²) < 4.78 is 18.5. The number of hydrogen-bond donors (Lipinski definition) is 1. The zero-order valence-corrected chi connectivity index (χ0v) is 8.58. The molecule has 1 N–H and O–H groups in total. The zero-order chi connectivity index (χ0) is 10.7. The smallest absolute Gasteiger partial charge is 0.127 e. The van der Waals surface area contributed by atoms with E-state index < -0.39 is 0 Å². The molecule has 2 rings (SSSR count). The number of aliphatic hydroxyl groups is 1. The second-order valence-electron chi connectivity index (χ2n) is 4.06. The van der Waals surface area contributed by atoms with Gasteiger partial charge in [-0.15, -0.1) is 0 Å². The van der Waals surface area contributed by atoms with Crippen molar-refractivity contribution in [2.45, 2.75) is 25.9 Å². The third kappa shape index (κ3) is 2.69. The summed E-state index contributed by atoms with van der Waals surface area (Å²) in [5.41, 5.74) is 0.554. The maximum atomic E-state index is 13.0. The van der Waals surface area contributed by atoms with Crippen molar-refractivity contribution in [3.63, 3.8) is 0 Å². The minimum absolute atomic E-state index is 0.155. The monoisotopic (exact) mass is 210 g/mol. The highest BCUT2D eigenvalue weighted by atomic mass is 19.1. The number of ether oxygens (including phenoxy) is 1. The van der Waals surface area contributed by atoms with Crippen molar-refractivity contribution >= 4 is 0 Å². The third-order valence-electron chi connectivity index (χ3n) is 2.82. The van der Waals surface area contributed by atoms with Crippen molar-refractivity contribution in [3.8, 4) is 5.75 Å². The fourth-order valence-electron chi connectivity index (χ4n) is 1.67. The maximum absolute atomic E-state index is 13.0. The van der Waals surface area contributed by atoms with E-state index in [0.717, 1.165) is 0 Å². The summed E-state index contributed by atoms with van der Waals surface area (Å²) in [6, 6.07) is 4.36. The van der Waals surface area contributed by atoms with E-state index in [1.165, 1.54) is 31.4 Å². The first-order chi connectivity index (χ1) is 7.28. The highest BCUT2D eigenvalue weighted by molar-refractivity contribution is 5.29. The lowest BCUT2D eigenvalue weighted by Gasteiger charge is -2.25. The lowest BCUT2D eigenvalue weighted by molar-refractivity contribution is 0.179. The van der Waals surface area contributed by atoms with Gasteiger partial charge in [-0.25, -0.2) is 4.39 Å². The first-order valence-corrected chi connectivity index (χ1v) is 5.31. The van der Waals surface area contributed by atoms with Crippen LogP contribution in [0, 0.1) is 11.7 Å². The summed E-state index contributed by atoms with van der Waals surface area (Å²) in [5.74, 6) is 0.793. The summed E-state index contributed by atoms with van der Waals surface area (Å²) >= 11 is 0. The van der Waals surface area contributed by atoms with Crippen LogP contribution in [0.3, 0.4) is 0 Å². The van der Waals surface area contributed by atoms with Gasteiger partial charge in [-0.1, -0.05) is 6.42 Å². The van der Waals surface area contributed by atoms with Crippen molar-refractivity contribution in [3.05, 3.63) is 29.6 Å². The Morgan fingerprint density at radius 1 is 1.33 bits per heavy atom. The Labute approximate surface area is 88.7 Å². The molecule has 0 saturated heterocycles. The average Bonchev–Trinajstić information content (AvgIpc) is 2.14. The van der Waals surface area contributed by atoms with E-state index in [2.05, 4.69) is 0 Å². The Hall–Kier alpha value is -1.09.